The van der Waals surface area contributed by atoms with Gasteiger partial charge in [-0.2, -0.15) is 0 Å². The molecule has 0 aliphatic carbocycles. The van der Waals surface area contributed by atoms with E-state index in [0.717, 1.165) is 0 Å². The van der Waals surface area contributed by atoms with Crippen molar-refractivity contribution >= 4 is 22.6 Å². The van der Waals surface area contributed by atoms with Crippen molar-refractivity contribution < 1.29 is 0 Å². The van der Waals surface area contributed by atoms with Crippen LogP contribution in [0.3, 0.4) is 0 Å². The molecule has 0 aliphatic rings. The minimum Gasteiger partial charge on any atom is -0.369 e. The zero-order chi connectivity index (χ0) is 16.0. The predicted octanol–water partition coefficient (Wildman–Crippen LogP) is 9.24. The highest BCUT2D eigenvalue weighted by Gasteiger charge is 1.94. The number of alkyl halides is 1. The average Bonchev–Trinajstić information content (AvgIpc) is 2.53. The molecular formula is C20H49IN2+2. The molecule has 0 saturated carbocycles. The van der Waals surface area contributed by atoms with E-state index < -0.39 is 0 Å². The minimum absolute atomic E-state index is 0. The molecule has 0 bridgehead atoms. The number of unbranched alkanes of at least 4 members (excludes halogenated alkanes) is 15. The van der Waals surface area contributed by atoms with Gasteiger partial charge in [-0.25, -0.2) is 0 Å². The van der Waals surface area contributed by atoms with Gasteiger partial charge in [0.25, 0.3) is 0 Å². The Bertz CT molecular complexity index is 150. The van der Waals surface area contributed by atoms with Crippen LogP contribution in [0.5, 0.6) is 0 Å². The Morgan fingerprint density at radius 2 is 0.696 bits per heavy atom. The number of halogens is 1. The Kier molecular flexibility index (Phi) is 45.9. The number of rotatable bonds is 16. The Labute approximate surface area is 162 Å². The van der Waals surface area contributed by atoms with Gasteiger partial charge in [0.05, 0.1) is 0 Å². The molecule has 0 amide bonds. The molecule has 23 heavy (non-hydrogen) atoms. The fourth-order valence-electron chi connectivity index (χ4n) is 2.64. The van der Waals surface area contributed by atoms with Crippen molar-refractivity contribution in [3.8, 4) is 0 Å². The molecule has 0 spiro atoms. The number of hydrogen-bond acceptors (Lipinski definition) is 0. The topological polar surface area (TPSA) is 73.0 Å². The third-order valence-corrected chi connectivity index (χ3v) is 4.75. The average molecular weight is 445 g/mol. The van der Waals surface area contributed by atoms with Crippen molar-refractivity contribution in [3.63, 3.8) is 0 Å². The maximum absolute atomic E-state index is 3.00. The normalized spacial score (nSPS) is 9.30. The lowest BCUT2D eigenvalue weighted by atomic mass is 10.0. The first-order valence-electron chi connectivity index (χ1n) is 9.47. The van der Waals surface area contributed by atoms with Crippen molar-refractivity contribution in [1.29, 1.82) is 0 Å². The molecule has 0 aliphatic heterocycles. The summed E-state index contributed by atoms with van der Waals surface area (Å²) >= 11 is 2.49. The van der Waals surface area contributed by atoms with Crippen molar-refractivity contribution in [1.82, 2.24) is 12.3 Å². The molecule has 0 rings (SSSR count). The maximum Gasteiger partial charge on any atom is -0.000473 e. The summed E-state index contributed by atoms with van der Waals surface area (Å²) in [6.45, 7) is 8.30. The van der Waals surface area contributed by atoms with Gasteiger partial charge in [-0.05, 0) is 10.8 Å². The van der Waals surface area contributed by atoms with Crippen LogP contribution in [0.1, 0.15) is 110 Å². The highest BCUT2D eigenvalue weighted by atomic mass is 127. The summed E-state index contributed by atoms with van der Waals surface area (Å²) in [6, 6.07) is 0. The SMILES string of the molecule is C=C.CCCCCCCCCCCCCCCCCCI.[NH4+].[NH4+]. The van der Waals surface area contributed by atoms with E-state index in [1.807, 2.05) is 0 Å². The van der Waals surface area contributed by atoms with Gasteiger partial charge in [-0.1, -0.05) is 126 Å². The molecule has 3 heteroatoms. The van der Waals surface area contributed by atoms with E-state index in [4.69, 9.17) is 0 Å². The fraction of sp³-hybridized carbons (Fsp3) is 0.900. The van der Waals surface area contributed by atoms with E-state index >= 15 is 0 Å². The van der Waals surface area contributed by atoms with Gasteiger partial charge in [0.1, 0.15) is 0 Å². The standard InChI is InChI=1S/C18H37I.C2H4.2H3N/c1-2-3-4-5-6-7-8-9-10-11-12-13-14-15-16-17-18-19;1-2;;/h2-18H2,1H3;1-2H2;2*1H3/p+2. The Balaban J connectivity index is -0.000000432. The highest BCUT2D eigenvalue weighted by Crippen LogP contribution is 2.13. The lowest BCUT2D eigenvalue weighted by Gasteiger charge is -2.03. The first-order chi connectivity index (χ1) is 10.4. The van der Waals surface area contributed by atoms with Crippen LogP contribution in [-0.2, 0) is 0 Å². The molecule has 8 N–H and O–H groups in total. The third-order valence-electron chi connectivity index (χ3n) is 3.99. The van der Waals surface area contributed by atoms with Crippen LogP contribution in [0, 0.1) is 0 Å². The van der Waals surface area contributed by atoms with E-state index in [2.05, 4.69) is 42.7 Å². The molecule has 0 unspecified atom stereocenters. The van der Waals surface area contributed by atoms with Crippen LogP contribution in [0.25, 0.3) is 0 Å². The van der Waals surface area contributed by atoms with E-state index in [9.17, 15) is 0 Å². The monoisotopic (exact) mass is 444 g/mol. The Morgan fingerprint density at radius 3 is 0.913 bits per heavy atom. The molecular weight excluding hydrogens is 395 g/mol. The van der Waals surface area contributed by atoms with Crippen molar-refractivity contribution in [2.45, 2.75) is 110 Å². The van der Waals surface area contributed by atoms with Crippen molar-refractivity contribution in [3.05, 3.63) is 13.2 Å². The summed E-state index contributed by atoms with van der Waals surface area (Å²) in [5.41, 5.74) is 0. The van der Waals surface area contributed by atoms with E-state index in [0.29, 0.717) is 0 Å². The lowest BCUT2D eigenvalue weighted by Crippen LogP contribution is -1.83. The summed E-state index contributed by atoms with van der Waals surface area (Å²) in [5, 5.41) is 0. The van der Waals surface area contributed by atoms with Crippen molar-refractivity contribution in [2.24, 2.45) is 0 Å². The van der Waals surface area contributed by atoms with Crippen molar-refractivity contribution in [2.75, 3.05) is 4.43 Å². The van der Waals surface area contributed by atoms with Gasteiger partial charge in [0, 0.05) is 0 Å². The van der Waals surface area contributed by atoms with Crippen LogP contribution >= 0.6 is 22.6 Å². The van der Waals surface area contributed by atoms with Crippen LogP contribution in [-0.4, -0.2) is 4.43 Å². The summed E-state index contributed by atoms with van der Waals surface area (Å²) < 4.78 is 1.34. The molecule has 0 atom stereocenters. The van der Waals surface area contributed by atoms with Crippen LogP contribution in [0.2, 0.25) is 0 Å². The third kappa shape index (κ3) is 34.7. The van der Waals surface area contributed by atoms with E-state index in [1.165, 1.54) is 107 Å². The van der Waals surface area contributed by atoms with Gasteiger partial charge in [-0.3, -0.25) is 0 Å². The van der Waals surface area contributed by atoms with Crippen LogP contribution in [0.4, 0.5) is 0 Å². The summed E-state index contributed by atoms with van der Waals surface area (Å²) in [5.74, 6) is 0. The second-order valence-corrected chi connectivity index (χ2v) is 7.07. The first-order valence-corrected chi connectivity index (χ1v) is 11.0. The highest BCUT2D eigenvalue weighted by molar-refractivity contribution is 14.1. The molecule has 0 aromatic rings. The number of hydrogen-bond donors (Lipinski definition) is 2. The maximum atomic E-state index is 3.00. The van der Waals surface area contributed by atoms with E-state index in [1.54, 1.807) is 0 Å². The molecule has 0 aromatic heterocycles. The lowest BCUT2D eigenvalue weighted by molar-refractivity contribution is 0.532. The molecule has 144 valence electrons. The second-order valence-electron chi connectivity index (χ2n) is 5.99. The van der Waals surface area contributed by atoms with Gasteiger partial charge in [0.2, 0.25) is 0 Å². The van der Waals surface area contributed by atoms with Gasteiger partial charge in [-0.15, -0.1) is 13.2 Å². The molecule has 0 heterocycles. The van der Waals surface area contributed by atoms with E-state index in [-0.39, 0.29) is 12.3 Å². The van der Waals surface area contributed by atoms with Crippen LogP contribution < -0.4 is 12.3 Å². The zero-order valence-corrected chi connectivity index (χ0v) is 19.0. The Morgan fingerprint density at radius 1 is 0.478 bits per heavy atom. The fourth-order valence-corrected chi connectivity index (χ4v) is 3.18. The molecule has 0 fully saturated rings. The quantitative estimate of drug-likeness (QED) is 0.103. The zero-order valence-electron chi connectivity index (χ0n) is 16.8. The molecule has 0 saturated heterocycles. The second kappa shape index (κ2) is 33.9. The smallest absolute Gasteiger partial charge is 0.000473 e. The minimum atomic E-state index is 0. The predicted molar refractivity (Wildman–Crippen MR) is 122 cm³/mol. The molecule has 0 aromatic carbocycles. The van der Waals surface area contributed by atoms with Crippen LogP contribution in [0.15, 0.2) is 13.2 Å². The van der Waals surface area contributed by atoms with Gasteiger partial charge < -0.3 is 12.3 Å². The largest absolute Gasteiger partial charge is 0.369 e. The summed E-state index contributed by atoms with van der Waals surface area (Å²) in [4.78, 5) is 0. The summed E-state index contributed by atoms with van der Waals surface area (Å²) in [7, 11) is 0. The number of quaternary nitrogens is 2. The Hall–Kier alpha value is 0.390. The summed E-state index contributed by atoms with van der Waals surface area (Å²) in [6.07, 6.45) is 23.5. The molecule has 2 nitrogen and oxygen atoms in total. The first kappa shape index (κ1) is 31.2. The molecule has 0 radical (unpaired) electrons. The van der Waals surface area contributed by atoms with Gasteiger partial charge in [0.15, 0.2) is 0 Å². The van der Waals surface area contributed by atoms with Gasteiger partial charge >= 0.3 is 0 Å².